The van der Waals surface area contributed by atoms with E-state index in [1.807, 2.05) is 23.0 Å². The van der Waals surface area contributed by atoms with Gasteiger partial charge in [0, 0.05) is 61.3 Å². The molecular formula is C26H34N6O. The summed E-state index contributed by atoms with van der Waals surface area (Å²) in [4.78, 5) is 24.0. The maximum Gasteiger partial charge on any atom is 0.220 e. The summed E-state index contributed by atoms with van der Waals surface area (Å²) in [6, 6.07) is 6.65. The van der Waals surface area contributed by atoms with E-state index in [4.69, 9.17) is 10.1 Å². The van der Waals surface area contributed by atoms with Crippen molar-refractivity contribution < 1.29 is 4.79 Å². The Bertz CT molecular complexity index is 1120. The first kappa shape index (κ1) is 22.0. The van der Waals surface area contributed by atoms with Crippen molar-refractivity contribution in [2.75, 3.05) is 13.1 Å². The molecule has 5 rings (SSSR count). The van der Waals surface area contributed by atoms with E-state index < -0.39 is 0 Å². The van der Waals surface area contributed by atoms with Crippen molar-refractivity contribution in [3.8, 4) is 0 Å². The molecule has 7 heteroatoms. The van der Waals surface area contributed by atoms with Gasteiger partial charge in [-0.1, -0.05) is 18.9 Å². The summed E-state index contributed by atoms with van der Waals surface area (Å²) in [5.41, 5.74) is 6.53. The summed E-state index contributed by atoms with van der Waals surface area (Å²) in [5.74, 6) is 0.574. The molecule has 1 aliphatic heterocycles. The molecule has 4 heterocycles. The normalized spacial score (nSPS) is 19.5. The molecule has 1 amide bonds. The topological polar surface area (TPSA) is 75.4 Å². The third-order valence-electron chi connectivity index (χ3n) is 7.32. The number of aromatic nitrogens is 4. The zero-order chi connectivity index (χ0) is 22.8. The van der Waals surface area contributed by atoms with Crippen molar-refractivity contribution in [2.45, 2.75) is 77.3 Å². The van der Waals surface area contributed by atoms with Crippen molar-refractivity contribution in [1.29, 1.82) is 0 Å². The van der Waals surface area contributed by atoms with Gasteiger partial charge in [-0.05, 0) is 63.3 Å². The number of hydrogen-bond donors (Lipinski definition) is 1. The molecule has 3 aromatic rings. The summed E-state index contributed by atoms with van der Waals surface area (Å²) in [7, 11) is 0. The third-order valence-corrected chi connectivity index (χ3v) is 7.32. The number of carbonyl (C=O) groups excluding carboxylic acids is 1. The van der Waals surface area contributed by atoms with Crippen LogP contribution in [0.4, 0.5) is 0 Å². The number of amides is 1. The van der Waals surface area contributed by atoms with Gasteiger partial charge in [-0.15, -0.1) is 0 Å². The number of pyridine rings is 1. The Morgan fingerprint density at radius 2 is 2.06 bits per heavy atom. The van der Waals surface area contributed by atoms with Gasteiger partial charge in [-0.2, -0.15) is 5.10 Å². The van der Waals surface area contributed by atoms with Crippen LogP contribution in [0.5, 0.6) is 0 Å². The Balaban J connectivity index is 1.26. The molecule has 174 valence electrons. The summed E-state index contributed by atoms with van der Waals surface area (Å²) in [6.45, 7) is 7.16. The summed E-state index contributed by atoms with van der Waals surface area (Å²) >= 11 is 0. The molecule has 0 bridgehead atoms. The molecule has 0 aromatic carbocycles. The van der Waals surface area contributed by atoms with Crippen molar-refractivity contribution in [2.24, 2.45) is 0 Å². The lowest BCUT2D eigenvalue weighted by Crippen LogP contribution is -2.32. The Kier molecular flexibility index (Phi) is 6.40. The lowest BCUT2D eigenvalue weighted by Gasteiger charge is -2.15. The van der Waals surface area contributed by atoms with Crippen molar-refractivity contribution in [1.82, 2.24) is 29.8 Å². The number of rotatable bonds is 7. The molecule has 0 spiro atoms. The number of aryl methyl sites for hydroxylation is 2. The molecule has 1 aliphatic carbocycles. The average Bonchev–Trinajstić information content (AvgIpc) is 3.55. The first-order valence-electron chi connectivity index (χ1n) is 12.3. The van der Waals surface area contributed by atoms with E-state index in [-0.39, 0.29) is 5.91 Å². The SMILES string of the molecule is Cc1nc2cc(C3CCN(Cc4cccnc4)C3)nn2c(C)c1CCC(=O)NC1CCCC1. The van der Waals surface area contributed by atoms with Crippen LogP contribution in [0.1, 0.15) is 72.7 Å². The van der Waals surface area contributed by atoms with Gasteiger partial charge in [0.1, 0.15) is 0 Å². The number of nitrogens with zero attached hydrogens (tertiary/aromatic N) is 5. The zero-order valence-corrected chi connectivity index (χ0v) is 19.8. The number of fused-ring (bicyclic) bond motifs is 1. The highest BCUT2D eigenvalue weighted by Crippen LogP contribution is 2.29. The summed E-state index contributed by atoms with van der Waals surface area (Å²) in [5, 5.41) is 8.16. The van der Waals surface area contributed by atoms with Crippen LogP contribution in [0.25, 0.3) is 5.65 Å². The molecule has 3 aromatic heterocycles. The Labute approximate surface area is 195 Å². The van der Waals surface area contributed by atoms with Crippen molar-refractivity contribution >= 4 is 11.6 Å². The van der Waals surface area contributed by atoms with Gasteiger partial charge in [0.15, 0.2) is 5.65 Å². The van der Waals surface area contributed by atoms with Crippen LogP contribution in [0.15, 0.2) is 30.6 Å². The fraction of sp³-hybridized carbons (Fsp3) is 0.538. The van der Waals surface area contributed by atoms with E-state index in [1.165, 1.54) is 18.4 Å². The van der Waals surface area contributed by atoms with Gasteiger partial charge in [0.25, 0.3) is 0 Å². The van der Waals surface area contributed by atoms with E-state index >= 15 is 0 Å². The predicted molar refractivity (Wildman–Crippen MR) is 128 cm³/mol. The van der Waals surface area contributed by atoms with Gasteiger partial charge in [0.2, 0.25) is 5.91 Å². The van der Waals surface area contributed by atoms with Crippen LogP contribution in [-0.4, -0.2) is 49.5 Å². The molecule has 1 saturated heterocycles. The Morgan fingerprint density at radius 1 is 1.21 bits per heavy atom. The van der Waals surface area contributed by atoms with Gasteiger partial charge < -0.3 is 5.32 Å². The van der Waals surface area contributed by atoms with Crippen LogP contribution in [-0.2, 0) is 17.8 Å². The lowest BCUT2D eigenvalue weighted by molar-refractivity contribution is -0.121. The lowest BCUT2D eigenvalue weighted by atomic mass is 10.1. The first-order valence-corrected chi connectivity index (χ1v) is 12.3. The molecule has 0 radical (unpaired) electrons. The number of carbonyl (C=O) groups is 1. The second-order valence-electron chi connectivity index (χ2n) is 9.73. The highest BCUT2D eigenvalue weighted by atomic mass is 16.1. The second kappa shape index (κ2) is 9.59. The molecule has 2 aliphatic rings. The maximum absolute atomic E-state index is 12.4. The van der Waals surface area contributed by atoms with Crippen LogP contribution >= 0.6 is 0 Å². The molecule has 1 saturated carbocycles. The number of hydrogen-bond acceptors (Lipinski definition) is 5. The fourth-order valence-electron chi connectivity index (χ4n) is 5.48. The minimum atomic E-state index is 0.154. The quantitative estimate of drug-likeness (QED) is 0.599. The average molecular weight is 447 g/mol. The van der Waals surface area contributed by atoms with E-state index in [2.05, 4.69) is 41.2 Å². The van der Waals surface area contributed by atoms with Crippen molar-refractivity contribution in [3.05, 3.63) is 58.8 Å². The Morgan fingerprint density at radius 3 is 2.85 bits per heavy atom. The fourth-order valence-corrected chi connectivity index (χ4v) is 5.48. The molecular weight excluding hydrogens is 412 g/mol. The molecule has 2 fully saturated rings. The molecule has 7 nitrogen and oxygen atoms in total. The van der Waals surface area contributed by atoms with E-state index in [0.29, 0.717) is 24.8 Å². The molecule has 1 atom stereocenters. The monoisotopic (exact) mass is 446 g/mol. The highest BCUT2D eigenvalue weighted by Gasteiger charge is 2.27. The third kappa shape index (κ3) is 4.93. The van der Waals surface area contributed by atoms with Gasteiger partial charge in [-0.3, -0.25) is 14.7 Å². The van der Waals surface area contributed by atoms with Gasteiger partial charge in [0.05, 0.1) is 5.69 Å². The molecule has 33 heavy (non-hydrogen) atoms. The van der Waals surface area contributed by atoms with Gasteiger partial charge in [-0.25, -0.2) is 9.50 Å². The minimum Gasteiger partial charge on any atom is -0.353 e. The summed E-state index contributed by atoms with van der Waals surface area (Å²) < 4.78 is 1.98. The van der Waals surface area contributed by atoms with Crippen LogP contribution in [0.3, 0.4) is 0 Å². The van der Waals surface area contributed by atoms with Crippen molar-refractivity contribution in [3.63, 3.8) is 0 Å². The number of likely N-dealkylation sites (tertiary alicyclic amines) is 1. The molecule has 1 unspecified atom stereocenters. The van der Waals surface area contributed by atoms with Crippen LogP contribution in [0, 0.1) is 13.8 Å². The van der Waals surface area contributed by atoms with E-state index in [9.17, 15) is 4.79 Å². The van der Waals surface area contributed by atoms with Crippen LogP contribution < -0.4 is 5.32 Å². The highest BCUT2D eigenvalue weighted by molar-refractivity contribution is 5.76. The maximum atomic E-state index is 12.4. The second-order valence-corrected chi connectivity index (χ2v) is 9.73. The standard InChI is InChI=1S/C26H34N6O/c1-18-23(9-10-26(33)29-22-7-3-4-8-22)19(2)32-25(28-18)14-24(30-32)21-11-13-31(17-21)16-20-6-5-12-27-15-20/h5-6,12,14-15,21-22H,3-4,7-11,13,16-17H2,1-2H3,(H,29,33). The predicted octanol–water partition coefficient (Wildman–Crippen LogP) is 3.72. The number of nitrogens with one attached hydrogen (secondary N) is 1. The summed E-state index contributed by atoms with van der Waals surface area (Å²) in [6.07, 6.45) is 10.8. The Hall–Kier alpha value is -2.80. The smallest absolute Gasteiger partial charge is 0.220 e. The van der Waals surface area contributed by atoms with E-state index in [1.54, 1.807) is 0 Å². The first-order chi connectivity index (χ1) is 16.1. The van der Waals surface area contributed by atoms with E-state index in [0.717, 1.165) is 67.2 Å². The molecule has 1 N–H and O–H groups in total. The minimum absolute atomic E-state index is 0.154. The largest absolute Gasteiger partial charge is 0.353 e. The zero-order valence-electron chi connectivity index (χ0n) is 19.8. The van der Waals surface area contributed by atoms with Crippen LogP contribution in [0.2, 0.25) is 0 Å². The van der Waals surface area contributed by atoms with Gasteiger partial charge >= 0.3 is 0 Å².